The second kappa shape index (κ2) is 6.25. The van der Waals surface area contributed by atoms with Crippen molar-refractivity contribution >= 4 is 17.1 Å². The molecule has 6 nitrogen and oxygen atoms in total. The van der Waals surface area contributed by atoms with Crippen LogP contribution in [0.2, 0.25) is 0 Å². The number of nitrogens with zero attached hydrogens (tertiary/aromatic N) is 2. The summed E-state index contributed by atoms with van der Waals surface area (Å²) in [6, 6.07) is 5.04. The molecule has 2 amide bonds. The van der Waals surface area contributed by atoms with E-state index in [1.807, 2.05) is 18.2 Å². The van der Waals surface area contributed by atoms with Gasteiger partial charge in [-0.05, 0) is 30.5 Å². The average molecular weight is 350 g/mol. The lowest BCUT2D eigenvalue weighted by Crippen LogP contribution is -2.56. The normalized spacial score (nSPS) is 20.1. The molecule has 4 rings (SSSR count). The highest BCUT2D eigenvalue weighted by molar-refractivity contribution is 5.77. The van der Waals surface area contributed by atoms with Crippen LogP contribution in [0.25, 0.3) is 11.0 Å². The molecule has 0 spiro atoms. The molecule has 0 atom stereocenters. The fourth-order valence-electron chi connectivity index (χ4n) is 2.96. The zero-order valence-electron chi connectivity index (χ0n) is 13.7. The number of halogens is 2. The maximum Gasteiger partial charge on any atom is 0.318 e. The summed E-state index contributed by atoms with van der Waals surface area (Å²) < 4.78 is 32.6. The summed E-state index contributed by atoms with van der Waals surface area (Å²) in [5.41, 5.74) is 2.44. The van der Waals surface area contributed by atoms with Crippen LogP contribution < -0.4 is 5.32 Å². The molecule has 1 saturated carbocycles. The first-order valence-corrected chi connectivity index (χ1v) is 8.48. The van der Waals surface area contributed by atoms with E-state index in [9.17, 15) is 13.6 Å². The van der Waals surface area contributed by atoms with Crippen LogP contribution in [-0.4, -0.2) is 52.6 Å². The maximum absolute atomic E-state index is 13.5. The number of carbonyl (C=O) groups excluding carboxylic acids is 1. The summed E-state index contributed by atoms with van der Waals surface area (Å²) in [5.74, 6) is -2.06. The van der Waals surface area contributed by atoms with E-state index in [1.54, 1.807) is 0 Å². The molecular formula is C17H20F2N4O2. The number of amides is 2. The minimum atomic E-state index is -2.90. The van der Waals surface area contributed by atoms with Crippen LogP contribution in [0.1, 0.15) is 24.2 Å². The Labute approximate surface area is 143 Å². The minimum absolute atomic E-state index is 0.135. The monoisotopic (exact) mass is 350 g/mol. The first-order chi connectivity index (χ1) is 12.0. The molecule has 0 unspecified atom stereocenters. The fourth-order valence-corrected chi connectivity index (χ4v) is 2.96. The third-order valence-corrected chi connectivity index (χ3v) is 4.39. The van der Waals surface area contributed by atoms with Gasteiger partial charge in [0.05, 0.1) is 36.8 Å². The number of hydrogen-bond donors (Lipinski definition) is 2. The van der Waals surface area contributed by atoms with Crippen LogP contribution in [0.4, 0.5) is 13.6 Å². The van der Waals surface area contributed by atoms with Crippen molar-refractivity contribution in [3.8, 4) is 0 Å². The van der Waals surface area contributed by atoms with Crippen molar-refractivity contribution in [1.29, 1.82) is 0 Å². The third-order valence-electron chi connectivity index (χ3n) is 4.39. The Morgan fingerprint density at radius 3 is 3.00 bits per heavy atom. The lowest BCUT2D eigenvalue weighted by molar-refractivity contribution is -0.0367. The minimum Gasteiger partial charge on any atom is -0.378 e. The third kappa shape index (κ3) is 3.89. The number of carbonyl (C=O) groups is 1. The zero-order chi connectivity index (χ0) is 17.4. The van der Waals surface area contributed by atoms with E-state index in [-0.39, 0.29) is 6.54 Å². The second-order valence-electron chi connectivity index (χ2n) is 6.73. The van der Waals surface area contributed by atoms with Gasteiger partial charge in [-0.25, -0.2) is 18.6 Å². The number of fused-ring (bicyclic) bond motifs is 1. The number of hydrogen-bond acceptors (Lipinski definition) is 3. The van der Waals surface area contributed by atoms with Gasteiger partial charge in [0.15, 0.2) is 0 Å². The average Bonchev–Trinajstić information content (AvgIpc) is 3.29. The summed E-state index contributed by atoms with van der Waals surface area (Å²) in [4.78, 5) is 20.7. The van der Waals surface area contributed by atoms with Gasteiger partial charge in [0.2, 0.25) is 0 Å². The smallest absolute Gasteiger partial charge is 0.318 e. The number of ether oxygens (including phenoxy) is 1. The SMILES string of the molecule is O=C1NCC(F)(F)CN1Cc1ccc2nc(CCOC3CC3)[nH]c2c1. The van der Waals surface area contributed by atoms with E-state index >= 15 is 0 Å². The number of aromatic amines is 1. The number of imidazole rings is 1. The Kier molecular flexibility index (Phi) is 4.07. The van der Waals surface area contributed by atoms with E-state index in [0.29, 0.717) is 19.1 Å². The van der Waals surface area contributed by atoms with Gasteiger partial charge in [-0.1, -0.05) is 6.07 Å². The van der Waals surface area contributed by atoms with Gasteiger partial charge in [0.1, 0.15) is 5.82 Å². The van der Waals surface area contributed by atoms with E-state index in [2.05, 4.69) is 15.3 Å². The first kappa shape index (κ1) is 16.3. The predicted molar refractivity (Wildman–Crippen MR) is 87.5 cm³/mol. The fraction of sp³-hybridized carbons (Fsp3) is 0.529. The van der Waals surface area contributed by atoms with Gasteiger partial charge < -0.3 is 19.9 Å². The van der Waals surface area contributed by atoms with Gasteiger partial charge in [-0.2, -0.15) is 0 Å². The van der Waals surface area contributed by atoms with Crippen LogP contribution in [0.15, 0.2) is 18.2 Å². The lowest BCUT2D eigenvalue weighted by Gasteiger charge is -2.32. The van der Waals surface area contributed by atoms with Gasteiger partial charge in [-0.15, -0.1) is 0 Å². The van der Waals surface area contributed by atoms with Gasteiger partial charge in [-0.3, -0.25) is 0 Å². The number of urea groups is 1. The van der Waals surface area contributed by atoms with Crippen molar-refractivity contribution in [2.45, 2.75) is 37.8 Å². The van der Waals surface area contributed by atoms with E-state index in [4.69, 9.17) is 4.74 Å². The van der Waals surface area contributed by atoms with Crippen LogP contribution in [0.5, 0.6) is 0 Å². The van der Waals surface area contributed by atoms with Crippen molar-refractivity contribution in [2.24, 2.45) is 0 Å². The summed E-state index contributed by atoms with van der Waals surface area (Å²) in [7, 11) is 0. The van der Waals surface area contributed by atoms with Crippen LogP contribution in [0, 0.1) is 0 Å². The molecule has 2 aromatic rings. The Balaban J connectivity index is 1.43. The van der Waals surface area contributed by atoms with E-state index in [1.165, 1.54) is 0 Å². The summed E-state index contributed by atoms with van der Waals surface area (Å²) >= 11 is 0. The molecule has 1 aliphatic carbocycles. The molecule has 1 aliphatic heterocycles. The topological polar surface area (TPSA) is 70.2 Å². The Morgan fingerprint density at radius 1 is 1.36 bits per heavy atom. The highest BCUT2D eigenvalue weighted by Crippen LogP contribution is 2.24. The Morgan fingerprint density at radius 2 is 2.20 bits per heavy atom. The lowest BCUT2D eigenvalue weighted by atomic mass is 10.1. The van der Waals surface area contributed by atoms with Crippen molar-refractivity contribution in [2.75, 3.05) is 19.7 Å². The van der Waals surface area contributed by atoms with Crippen LogP contribution >= 0.6 is 0 Å². The van der Waals surface area contributed by atoms with E-state index < -0.39 is 25.0 Å². The predicted octanol–water partition coefficient (Wildman–Crippen LogP) is 2.44. The largest absolute Gasteiger partial charge is 0.378 e. The highest BCUT2D eigenvalue weighted by Gasteiger charge is 2.38. The molecule has 8 heteroatoms. The summed E-state index contributed by atoms with van der Waals surface area (Å²) in [6.07, 6.45) is 3.42. The molecule has 1 aromatic heterocycles. The Bertz CT molecular complexity index is 788. The second-order valence-corrected chi connectivity index (χ2v) is 6.73. The summed E-state index contributed by atoms with van der Waals surface area (Å²) in [6.45, 7) is -0.394. The van der Waals surface area contributed by atoms with Gasteiger partial charge in [0, 0.05) is 13.0 Å². The molecule has 134 valence electrons. The molecule has 1 aromatic carbocycles. The number of nitrogens with one attached hydrogen (secondary N) is 2. The van der Waals surface area contributed by atoms with Crippen molar-refractivity contribution in [3.63, 3.8) is 0 Å². The standard InChI is InChI=1S/C17H20F2N4O2/c18-17(19)9-20-16(24)23(10-17)8-11-1-4-13-14(7-11)22-15(21-13)5-6-25-12-2-3-12/h1,4,7,12H,2-3,5-6,8-10H2,(H,20,24)(H,21,22). The van der Waals surface area contributed by atoms with Gasteiger partial charge >= 0.3 is 6.03 Å². The van der Waals surface area contributed by atoms with Crippen molar-refractivity contribution in [1.82, 2.24) is 20.2 Å². The molecule has 0 radical (unpaired) electrons. The zero-order valence-corrected chi connectivity index (χ0v) is 13.7. The molecule has 25 heavy (non-hydrogen) atoms. The highest BCUT2D eigenvalue weighted by atomic mass is 19.3. The van der Waals surface area contributed by atoms with Crippen molar-refractivity contribution in [3.05, 3.63) is 29.6 Å². The maximum atomic E-state index is 13.5. The number of H-pyrrole nitrogens is 1. The molecule has 2 heterocycles. The molecule has 2 fully saturated rings. The number of benzene rings is 1. The summed E-state index contributed by atoms with van der Waals surface area (Å²) in [5, 5.41) is 2.22. The molecular weight excluding hydrogens is 330 g/mol. The number of alkyl halides is 2. The quantitative estimate of drug-likeness (QED) is 0.841. The Hall–Kier alpha value is -2.22. The number of aromatic nitrogens is 2. The van der Waals surface area contributed by atoms with Crippen LogP contribution in [-0.2, 0) is 17.7 Å². The molecule has 2 aliphatic rings. The molecule has 1 saturated heterocycles. The van der Waals surface area contributed by atoms with Crippen molar-refractivity contribution < 1.29 is 18.3 Å². The molecule has 0 bridgehead atoms. The van der Waals surface area contributed by atoms with E-state index in [0.717, 1.165) is 40.2 Å². The number of rotatable bonds is 6. The van der Waals surface area contributed by atoms with Crippen LogP contribution in [0.3, 0.4) is 0 Å². The van der Waals surface area contributed by atoms with Gasteiger partial charge in [0.25, 0.3) is 5.92 Å². The first-order valence-electron chi connectivity index (χ1n) is 8.48. The molecule has 2 N–H and O–H groups in total.